The Hall–Kier alpha value is -1.66. The Labute approximate surface area is 132 Å². The highest BCUT2D eigenvalue weighted by atomic mass is 16.3. The molecule has 0 saturated heterocycles. The molecule has 0 spiro atoms. The molecule has 3 aliphatic carbocycles. The van der Waals surface area contributed by atoms with E-state index in [9.17, 15) is 15.2 Å². The molecule has 3 rings (SSSR count). The molecule has 0 aromatic rings. The van der Waals surface area contributed by atoms with Gasteiger partial charge in [0.25, 0.3) is 0 Å². The summed E-state index contributed by atoms with van der Waals surface area (Å²) in [5.74, 6) is 0.00122. The third-order valence-electron chi connectivity index (χ3n) is 6.33. The van der Waals surface area contributed by atoms with Crippen molar-refractivity contribution in [2.24, 2.45) is 22.7 Å². The van der Waals surface area contributed by atoms with Crippen molar-refractivity contribution in [2.75, 3.05) is 0 Å². The van der Waals surface area contributed by atoms with E-state index >= 15 is 0 Å². The molecule has 3 nitrogen and oxygen atoms in total. The van der Waals surface area contributed by atoms with Gasteiger partial charge in [-0.1, -0.05) is 50.6 Å². The van der Waals surface area contributed by atoms with Gasteiger partial charge >= 0.3 is 0 Å². The zero-order chi connectivity index (χ0) is 16.3. The summed E-state index contributed by atoms with van der Waals surface area (Å²) in [7, 11) is 0. The van der Waals surface area contributed by atoms with Crippen LogP contribution in [0.4, 0.5) is 0 Å². The first kappa shape index (κ1) is 15.2. The standard InChI is InChI=1S/C19H23NO2/c1-11-7-15-18(3,16(21)8-11)6-5-14-12(2)17(22)13(10-20)9-19(14,15)4/h7,9,12,14,16,21H,1,5-6,8H2,2-4H3/t12-,14?,16-,18?,19?/m1/s1. The molecule has 1 saturated carbocycles. The Bertz CT molecular complexity index is 665. The van der Waals surface area contributed by atoms with E-state index in [0.29, 0.717) is 6.42 Å². The van der Waals surface area contributed by atoms with Gasteiger partial charge in [-0.25, -0.2) is 0 Å². The number of nitriles is 1. The molecule has 1 N–H and O–H groups in total. The normalized spacial score (nSPS) is 44.4. The number of fused-ring (bicyclic) bond motifs is 3. The van der Waals surface area contributed by atoms with E-state index < -0.39 is 6.10 Å². The predicted octanol–water partition coefficient (Wildman–Crippen LogP) is 3.32. The van der Waals surface area contributed by atoms with Crippen LogP contribution in [0.2, 0.25) is 0 Å². The van der Waals surface area contributed by atoms with Crippen molar-refractivity contribution in [2.45, 2.75) is 46.1 Å². The molecule has 0 aromatic heterocycles. The van der Waals surface area contributed by atoms with E-state index in [-0.39, 0.29) is 34.0 Å². The molecule has 116 valence electrons. The first-order chi connectivity index (χ1) is 10.2. The maximum absolute atomic E-state index is 12.3. The number of hydrogen-bond donors (Lipinski definition) is 1. The average molecular weight is 297 g/mol. The molecule has 0 amide bonds. The molecule has 0 radical (unpaired) electrons. The fraction of sp³-hybridized carbons (Fsp3) is 0.579. The summed E-state index contributed by atoms with van der Waals surface area (Å²) in [6.07, 6.45) is 5.90. The Balaban J connectivity index is 2.22. The second kappa shape index (κ2) is 4.67. The van der Waals surface area contributed by atoms with Gasteiger partial charge in [0.1, 0.15) is 6.07 Å². The van der Waals surface area contributed by atoms with Gasteiger partial charge < -0.3 is 5.11 Å². The lowest BCUT2D eigenvalue weighted by molar-refractivity contribution is -0.123. The molecule has 22 heavy (non-hydrogen) atoms. The van der Waals surface area contributed by atoms with Gasteiger partial charge in [0.15, 0.2) is 5.78 Å². The number of carbonyl (C=O) groups is 1. The van der Waals surface area contributed by atoms with Crippen LogP contribution in [0.1, 0.15) is 40.0 Å². The number of hydrogen-bond acceptors (Lipinski definition) is 3. The van der Waals surface area contributed by atoms with Crippen molar-refractivity contribution in [3.8, 4) is 6.07 Å². The average Bonchev–Trinajstić information content (AvgIpc) is 2.46. The zero-order valence-corrected chi connectivity index (χ0v) is 13.5. The van der Waals surface area contributed by atoms with Crippen molar-refractivity contribution < 1.29 is 9.90 Å². The summed E-state index contributed by atoms with van der Waals surface area (Å²) in [6.45, 7) is 10.2. The second-order valence-corrected chi connectivity index (χ2v) is 7.60. The van der Waals surface area contributed by atoms with Gasteiger partial charge in [-0.3, -0.25) is 4.79 Å². The molecular formula is C19H23NO2. The van der Waals surface area contributed by atoms with Crippen LogP contribution >= 0.6 is 0 Å². The molecular weight excluding hydrogens is 274 g/mol. The largest absolute Gasteiger partial charge is 0.392 e. The Morgan fingerprint density at radius 2 is 2.14 bits per heavy atom. The monoisotopic (exact) mass is 297 g/mol. The lowest BCUT2D eigenvalue weighted by Crippen LogP contribution is -2.52. The first-order valence-electron chi connectivity index (χ1n) is 7.99. The smallest absolute Gasteiger partial charge is 0.176 e. The number of aliphatic hydroxyl groups is 1. The lowest BCUT2D eigenvalue weighted by Gasteiger charge is -2.57. The number of nitrogens with zero attached hydrogens (tertiary/aromatic N) is 1. The fourth-order valence-corrected chi connectivity index (χ4v) is 4.95. The molecule has 0 aliphatic heterocycles. The summed E-state index contributed by atoms with van der Waals surface area (Å²) in [4.78, 5) is 12.3. The van der Waals surface area contributed by atoms with Gasteiger partial charge in [-0.05, 0) is 25.2 Å². The fourth-order valence-electron chi connectivity index (χ4n) is 4.95. The van der Waals surface area contributed by atoms with Gasteiger partial charge in [-0.15, -0.1) is 0 Å². The summed E-state index contributed by atoms with van der Waals surface area (Å²) >= 11 is 0. The number of carbonyl (C=O) groups excluding carboxylic acids is 1. The van der Waals surface area contributed by atoms with E-state index in [1.54, 1.807) is 0 Å². The zero-order valence-electron chi connectivity index (χ0n) is 13.5. The van der Waals surface area contributed by atoms with Crippen LogP contribution in [0, 0.1) is 34.0 Å². The van der Waals surface area contributed by atoms with Gasteiger partial charge in [0.05, 0.1) is 11.7 Å². The van der Waals surface area contributed by atoms with Crippen LogP contribution < -0.4 is 0 Å². The third-order valence-corrected chi connectivity index (χ3v) is 6.33. The van der Waals surface area contributed by atoms with Crippen LogP contribution in [0.15, 0.2) is 35.5 Å². The minimum atomic E-state index is -0.440. The maximum atomic E-state index is 12.3. The molecule has 0 bridgehead atoms. The summed E-state index contributed by atoms with van der Waals surface area (Å²) < 4.78 is 0. The molecule has 3 unspecified atom stereocenters. The lowest BCUT2D eigenvalue weighted by atomic mass is 9.47. The van der Waals surface area contributed by atoms with Crippen molar-refractivity contribution in [3.63, 3.8) is 0 Å². The van der Waals surface area contributed by atoms with Crippen molar-refractivity contribution in [1.82, 2.24) is 0 Å². The molecule has 3 heteroatoms. The first-order valence-corrected chi connectivity index (χ1v) is 7.99. The summed E-state index contributed by atoms with van der Waals surface area (Å²) in [6, 6.07) is 2.07. The molecule has 1 fully saturated rings. The van der Waals surface area contributed by atoms with Crippen LogP contribution in [0.25, 0.3) is 0 Å². The number of Topliss-reactive ketones (excluding diaryl/α,β-unsaturated/α-hetero) is 1. The highest BCUT2D eigenvalue weighted by Crippen LogP contribution is 2.61. The van der Waals surface area contributed by atoms with Gasteiger partial charge in [-0.2, -0.15) is 5.26 Å². The molecule has 0 aromatic carbocycles. The summed E-state index contributed by atoms with van der Waals surface area (Å²) in [5.41, 5.74) is 1.70. The number of ketones is 1. The van der Waals surface area contributed by atoms with Crippen molar-refractivity contribution in [3.05, 3.63) is 35.5 Å². The van der Waals surface area contributed by atoms with Crippen LogP contribution in [0.5, 0.6) is 0 Å². The number of aliphatic hydroxyl groups excluding tert-OH is 1. The second-order valence-electron chi connectivity index (χ2n) is 7.60. The van der Waals surface area contributed by atoms with E-state index in [2.05, 4.69) is 32.6 Å². The molecule has 3 aliphatic rings. The van der Waals surface area contributed by atoms with Crippen LogP contribution in [-0.4, -0.2) is 17.0 Å². The Morgan fingerprint density at radius 1 is 1.45 bits per heavy atom. The number of rotatable bonds is 0. The van der Waals surface area contributed by atoms with E-state index in [1.165, 1.54) is 0 Å². The quantitative estimate of drug-likeness (QED) is 0.746. The SMILES string of the molecule is C=C1C=C2C3(C)C=C(C#N)C(=O)[C@H](C)C3CCC2(C)[C@H](O)C1. The van der Waals surface area contributed by atoms with Crippen LogP contribution in [-0.2, 0) is 4.79 Å². The third kappa shape index (κ3) is 1.80. The van der Waals surface area contributed by atoms with E-state index in [0.717, 1.165) is 24.0 Å². The predicted molar refractivity (Wildman–Crippen MR) is 84.7 cm³/mol. The minimum absolute atomic E-state index is 0.0376. The van der Waals surface area contributed by atoms with Crippen molar-refractivity contribution >= 4 is 5.78 Å². The highest BCUT2D eigenvalue weighted by molar-refractivity contribution is 6.02. The molecule has 5 atom stereocenters. The molecule has 0 heterocycles. The van der Waals surface area contributed by atoms with Crippen LogP contribution in [0.3, 0.4) is 0 Å². The maximum Gasteiger partial charge on any atom is 0.176 e. The van der Waals surface area contributed by atoms with E-state index in [1.807, 2.05) is 13.0 Å². The van der Waals surface area contributed by atoms with Gasteiger partial charge in [0.2, 0.25) is 0 Å². The van der Waals surface area contributed by atoms with E-state index in [4.69, 9.17) is 0 Å². The Kier molecular flexibility index (Phi) is 3.23. The highest BCUT2D eigenvalue weighted by Gasteiger charge is 2.56. The topological polar surface area (TPSA) is 61.1 Å². The summed E-state index contributed by atoms with van der Waals surface area (Å²) in [5, 5.41) is 19.9. The Morgan fingerprint density at radius 3 is 2.77 bits per heavy atom. The van der Waals surface area contributed by atoms with Crippen molar-refractivity contribution in [1.29, 1.82) is 5.26 Å². The number of allylic oxidation sites excluding steroid dienone is 3. The minimum Gasteiger partial charge on any atom is -0.392 e. The van der Waals surface area contributed by atoms with Gasteiger partial charge in [0, 0.05) is 16.7 Å².